The molecule has 1 heterocycles. The second-order valence-corrected chi connectivity index (χ2v) is 12.2. The number of fused-ring (bicyclic) bond motifs is 1. The van der Waals surface area contributed by atoms with Crippen molar-refractivity contribution < 1.29 is 26.4 Å². The molecular weight excluding hydrogens is 563 g/mol. The maximum absolute atomic E-state index is 13.9. The molecule has 0 saturated heterocycles. The quantitative estimate of drug-likeness (QED) is 0.437. The molecule has 0 bridgehead atoms. The van der Waals surface area contributed by atoms with Crippen molar-refractivity contribution >= 4 is 60.8 Å². The van der Waals surface area contributed by atoms with E-state index in [4.69, 9.17) is 33.5 Å². The van der Waals surface area contributed by atoms with E-state index in [-0.39, 0.29) is 27.2 Å². The van der Waals surface area contributed by atoms with Gasteiger partial charge in [0.25, 0.3) is 11.8 Å². The zero-order chi connectivity index (χ0) is 27.3. The van der Waals surface area contributed by atoms with Crippen molar-refractivity contribution in [2.75, 3.05) is 5.01 Å². The van der Waals surface area contributed by atoms with Gasteiger partial charge in [0.2, 0.25) is 20.0 Å². The molecule has 1 aliphatic heterocycles. The number of imide groups is 1. The van der Waals surface area contributed by atoms with Gasteiger partial charge in [0.15, 0.2) is 0 Å². The first kappa shape index (κ1) is 27.0. The number of para-hydroxylation sites is 1. The summed E-state index contributed by atoms with van der Waals surface area (Å²) in [6.07, 6.45) is 0.499. The zero-order valence-electron chi connectivity index (χ0n) is 19.1. The van der Waals surface area contributed by atoms with Gasteiger partial charge in [-0.2, -0.15) is 5.01 Å². The van der Waals surface area contributed by atoms with Crippen LogP contribution in [0.4, 0.5) is 5.69 Å². The van der Waals surface area contributed by atoms with Gasteiger partial charge in [-0.05, 0) is 61.4 Å². The first-order valence-corrected chi connectivity index (χ1v) is 14.5. The Hall–Kier alpha value is -3.00. The lowest BCUT2D eigenvalue weighted by atomic mass is 10.1. The fraction of sp³-hybridized carbons (Fsp3) is 0.130. The first-order chi connectivity index (χ1) is 17.2. The normalized spacial score (nSPS) is 15.4. The maximum atomic E-state index is 13.9. The van der Waals surface area contributed by atoms with Crippen molar-refractivity contribution in [3.63, 3.8) is 0 Å². The van der Waals surface area contributed by atoms with Crippen molar-refractivity contribution in [2.45, 2.75) is 29.2 Å². The lowest BCUT2D eigenvalue weighted by Crippen LogP contribution is -2.53. The van der Waals surface area contributed by atoms with E-state index in [1.807, 2.05) is 12.1 Å². The van der Waals surface area contributed by atoms with E-state index in [2.05, 4.69) is 0 Å². The number of carbonyl (C=O) groups excluding carboxylic acids is 2. The Morgan fingerprint density at radius 1 is 0.838 bits per heavy atom. The molecule has 3 aromatic carbocycles. The van der Waals surface area contributed by atoms with Crippen LogP contribution in [0.5, 0.6) is 0 Å². The molecule has 0 aromatic heterocycles. The molecule has 10 nitrogen and oxygen atoms in total. The summed E-state index contributed by atoms with van der Waals surface area (Å²) in [6, 6.07) is 13.6. The van der Waals surface area contributed by atoms with E-state index in [0.29, 0.717) is 12.1 Å². The summed E-state index contributed by atoms with van der Waals surface area (Å²) in [7, 11) is -8.58. The van der Waals surface area contributed by atoms with Crippen LogP contribution in [0.3, 0.4) is 0 Å². The standard InChI is InChI=1S/C23H20Cl2N4O6S2/c1-13-10-14-4-2-3-5-19(14)28(13)29(22(30)15-6-8-17(24)20(11-15)36(26,32)33)23(31)16-7-9-18(25)21(12-16)37(27,34)35/h2-9,11-13H,10H2,1H3,(H2,26,32,33)(H2,27,34,35). The molecular formula is C23H20Cl2N4O6S2. The van der Waals surface area contributed by atoms with Gasteiger partial charge in [-0.15, -0.1) is 0 Å². The molecule has 4 rings (SSSR count). The average molecular weight is 583 g/mol. The van der Waals surface area contributed by atoms with E-state index in [9.17, 15) is 26.4 Å². The van der Waals surface area contributed by atoms with Crippen LogP contribution in [0.15, 0.2) is 70.5 Å². The number of primary sulfonamides is 2. The number of rotatable bonds is 5. The highest BCUT2D eigenvalue weighted by molar-refractivity contribution is 7.89. The number of hydrazine groups is 1. The van der Waals surface area contributed by atoms with Crippen molar-refractivity contribution in [3.05, 3.63) is 87.4 Å². The Balaban J connectivity index is 1.91. The summed E-state index contributed by atoms with van der Waals surface area (Å²) in [4.78, 5) is 26.7. The van der Waals surface area contributed by atoms with Crippen molar-refractivity contribution in [2.24, 2.45) is 10.3 Å². The maximum Gasteiger partial charge on any atom is 0.279 e. The molecule has 194 valence electrons. The van der Waals surface area contributed by atoms with Gasteiger partial charge in [0, 0.05) is 11.1 Å². The fourth-order valence-corrected chi connectivity index (χ4v) is 6.24. The van der Waals surface area contributed by atoms with Crippen LogP contribution >= 0.6 is 23.2 Å². The van der Waals surface area contributed by atoms with E-state index >= 15 is 0 Å². The second-order valence-electron chi connectivity index (χ2n) is 8.33. The lowest BCUT2D eigenvalue weighted by Gasteiger charge is -2.35. The third-order valence-electron chi connectivity index (χ3n) is 5.74. The average Bonchev–Trinajstić information content (AvgIpc) is 3.14. The molecule has 14 heteroatoms. The third-order valence-corrected chi connectivity index (χ3v) is 8.53. The van der Waals surface area contributed by atoms with Crippen molar-refractivity contribution in [1.82, 2.24) is 5.01 Å². The Morgan fingerprint density at radius 3 is 1.76 bits per heavy atom. The van der Waals surface area contributed by atoms with E-state index in [1.54, 1.807) is 19.1 Å². The summed E-state index contributed by atoms with van der Waals surface area (Å²) < 4.78 is 48.0. The molecule has 3 aromatic rings. The molecule has 2 amide bonds. The highest BCUT2D eigenvalue weighted by Gasteiger charge is 2.38. The molecule has 37 heavy (non-hydrogen) atoms. The fourth-order valence-electron chi connectivity index (χ4n) is 4.10. The molecule has 0 aliphatic carbocycles. The van der Waals surface area contributed by atoms with Gasteiger partial charge in [0.05, 0.1) is 21.8 Å². The summed E-state index contributed by atoms with van der Waals surface area (Å²) in [6.45, 7) is 1.79. The number of hydrogen-bond acceptors (Lipinski definition) is 7. The predicted molar refractivity (Wildman–Crippen MR) is 138 cm³/mol. The minimum Gasteiger partial charge on any atom is -0.272 e. The number of hydrogen-bond donors (Lipinski definition) is 2. The Labute approximate surface area is 223 Å². The molecule has 0 fully saturated rings. The molecule has 0 saturated carbocycles. The van der Waals surface area contributed by atoms with Gasteiger partial charge in [-0.3, -0.25) is 14.6 Å². The van der Waals surface area contributed by atoms with E-state index < -0.39 is 41.7 Å². The van der Waals surface area contributed by atoms with Crippen LogP contribution in [-0.2, 0) is 26.5 Å². The van der Waals surface area contributed by atoms with Gasteiger partial charge in [-0.1, -0.05) is 41.4 Å². The number of nitrogens with zero attached hydrogens (tertiary/aromatic N) is 2. The van der Waals surface area contributed by atoms with Gasteiger partial charge in [0.1, 0.15) is 9.79 Å². The van der Waals surface area contributed by atoms with Crippen LogP contribution in [0.25, 0.3) is 0 Å². The highest BCUT2D eigenvalue weighted by Crippen LogP contribution is 2.35. The number of halogens is 2. The molecule has 0 radical (unpaired) electrons. The Bertz CT molecular complexity index is 1570. The van der Waals surface area contributed by atoms with Crippen molar-refractivity contribution in [3.8, 4) is 0 Å². The van der Waals surface area contributed by atoms with Gasteiger partial charge < -0.3 is 0 Å². The predicted octanol–water partition coefficient (Wildman–Crippen LogP) is 2.94. The van der Waals surface area contributed by atoms with Crippen LogP contribution in [0.2, 0.25) is 10.0 Å². The highest BCUT2D eigenvalue weighted by atomic mass is 35.5. The molecule has 0 spiro atoms. The first-order valence-electron chi connectivity index (χ1n) is 10.6. The van der Waals surface area contributed by atoms with Gasteiger partial charge >= 0.3 is 0 Å². The molecule has 1 atom stereocenters. The number of carbonyl (C=O) groups is 2. The summed E-state index contributed by atoms with van der Waals surface area (Å²) in [5.74, 6) is -1.80. The molecule has 1 unspecified atom stereocenters. The van der Waals surface area contributed by atoms with Gasteiger partial charge in [-0.25, -0.2) is 27.1 Å². The van der Waals surface area contributed by atoms with Crippen LogP contribution < -0.4 is 15.3 Å². The van der Waals surface area contributed by atoms with Crippen molar-refractivity contribution in [1.29, 1.82) is 0 Å². The minimum atomic E-state index is -4.29. The Kier molecular flexibility index (Phi) is 7.10. The Morgan fingerprint density at radius 2 is 1.30 bits per heavy atom. The summed E-state index contributed by atoms with van der Waals surface area (Å²) >= 11 is 11.9. The second kappa shape index (κ2) is 9.71. The lowest BCUT2D eigenvalue weighted by molar-refractivity contribution is 0.0584. The molecule has 1 aliphatic rings. The summed E-state index contributed by atoms with van der Waals surface area (Å²) in [5, 5.41) is 12.4. The van der Waals surface area contributed by atoms with Crippen LogP contribution in [0.1, 0.15) is 33.2 Å². The van der Waals surface area contributed by atoms with E-state index in [0.717, 1.165) is 22.7 Å². The zero-order valence-corrected chi connectivity index (χ0v) is 22.3. The number of sulfonamides is 2. The monoisotopic (exact) mass is 582 g/mol. The molecule has 4 N–H and O–H groups in total. The minimum absolute atomic E-state index is 0.195. The number of amides is 2. The number of nitrogens with two attached hydrogens (primary N) is 2. The summed E-state index contributed by atoms with van der Waals surface area (Å²) in [5.41, 5.74) is 1.04. The third kappa shape index (κ3) is 5.21. The number of anilines is 1. The largest absolute Gasteiger partial charge is 0.279 e. The topological polar surface area (TPSA) is 161 Å². The smallest absolute Gasteiger partial charge is 0.272 e. The SMILES string of the molecule is CC1Cc2ccccc2N1N(C(=O)c1ccc(Cl)c(S(N)(=O)=O)c1)C(=O)c1ccc(Cl)c(S(N)(=O)=O)c1. The van der Waals surface area contributed by atoms with Crippen LogP contribution in [-0.4, -0.2) is 39.7 Å². The van der Waals surface area contributed by atoms with E-state index in [1.165, 1.54) is 29.3 Å². The van der Waals surface area contributed by atoms with Crippen LogP contribution in [0, 0.1) is 0 Å². The number of benzene rings is 3.